The summed E-state index contributed by atoms with van der Waals surface area (Å²) in [5, 5.41) is 0.651. The second-order valence-corrected chi connectivity index (χ2v) is 5.54. The topological polar surface area (TPSA) is 15.8 Å². The molecule has 3 rings (SSSR count). The van der Waals surface area contributed by atoms with E-state index in [1.54, 1.807) is 24.3 Å². The van der Waals surface area contributed by atoms with Gasteiger partial charge in [0.2, 0.25) is 0 Å². The van der Waals surface area contributed by atoms with Crippen molar-refractivity contribution in [2.75, 3.05) is 0 Å². The molecule has 4 heteroatoms. The van der Waals surface area contributed by atoms with Crippen molar-refractivity contribution in [3.63, 3.8) is 0 Å². The molecule has 0 bridgehead atoms. The second kappa shape index (κ2) is 5.52. The first-order chi connectivity index (χ1) is 10.5. The first-order valence-corrected chi connectivity index (χ1v) is 7.18. The lowest BCUT2D eigenvalue weighted by Gasteiger charge is -2.14. The number of para-hydroxylation sites is 1. The molecule has 0 saturated carbocycles. The van der Waals surface area contributed by atoms with Crippen LogP contribution < -0.4 is 0 Å². The fourth-order valence-corrected chi connectivity index (χ4v) is 2.86. The van der Waals surface area contributed by atoms with Crippen molar-refractivity contribution in [2.45, 2.75) is 25.4 Å². The van der Waals surface area contributed by atoms with Crippen LogP contribution in [0.4, 0.5) is 13.2 Å². The minimum absolute atomic E-state index is 0.0153. The van der Waals surface area contributed by atoms with E-state index >= 15 is 0 Å². The van der Waals surface area contributed by atoms with Crippen molar-refractivity contribution < 1.29 is 13.2 Å². The standard InChI is InChI=1S/C18H16F3N/c1-12(13-7-3-2-4-8-13)11-15-14-9-5-6-10-16(14)22-17(15)18(19,20)21/h2-10,12,22H,11H2,1H3. The van der Waals surface area contributed by atoms with Crippen LogP contribution in [-0.2, 0) is 12.6 Å². The van der Waals surface area contributed by atoms with Gasteiger partial charge >= 0.3 is 6.18 Å². The second-order valence-electron chi connectivity index (χ2n) is 5.54. The monoisotopic (exact) mass is 303 g/mol. The first-order valence-electron chi connectivity index (χ1n) is 7.18. The van der Waals surface area contributed by atoms with Crippen LogP contribution in [0.2, 0.25) is 0 Å². The molecule has 1 unspecified atom stereocenters. The molecule has 0 saturated heterocycles. The van der Waals surface area contributed by atoms with Crippen molar-refractivity contribution in [2.24, 2.45) is 0 Å². The number of rotatable bonds is 3. The number of halogens is 3. The molecule has 0 amide bonds. The van der Waals surface area contributed by atoms with Gasteiger partial charge in [0.15, 0.2) is 0 Å². The van der Waals surface area contributed by atoms with Crippen LogP contribution >= 0.6 is 0 Å². The van der Waals surface area contributed by atoms with Crippen molar-refractivity contribution in [3.05, 3.63) is 71.4 Å². The van der Waals surface area contributed by atoms with Gasteiger partial charge in [-0.15, -0.1) is 0 Å². The predicted octanol–water partition coefficient (Wildman–Crippen LogP) is 5.53. The summed E-state index contributed by atoms with van der Waals surface area (Å²) in [5.41, 5.74) is 1.29. The fourth-order valence-electron chi connectivity index (χ4n) is 2.86. The highest BCUT2D eigenvalue weighted by molar-refractivity contribution is 5.85. The van der Waals surface area contributed by atoms with Crippen LogP contribution in [0.15, 0.2) is 54.6 Å². The van der Waals surface area contributed by atoms with Gasteiger partial charge in [-0.3, -0.25) is 0 Å². The number of aromatic amines is 1. The zero-order valence-electron chi connectivity index (χ0n) is 12.1. The third-order valence-electron chi connectivity index (χ3n) is 3.98. The smallest absolute Gasteiger partial charge is 0.351 e. The van der Waals surface area contributed by atoms with Gasteiger partial charge < -0.3 is 4.98 Å². The van der Waals surface area contributed by atoms with Gasteiger partial charge in [0.25, 0.3) is 0 Å². The van der Waals surface area contributed by atoms with E-state index in [0.717, 1.165) is 5.56 Å². The number of aromatic nitrogens is 1. The van der Waals surface area contributed by atoms with E-state index in [-0.39, 0.29) is 5.92 Å². The molecule has 22 heavy (non-hydrogen) atoms. The lowest BCUT2D eigenvalue weighted by atomic mass is 9.92. The van der Waals surface area contributed by atoms with E-state index in [9.17, 15) is 13.2 Å². The Labute approximate surface area is 126 Å². The highest BCUT2D eigenvalue weighted by atomic mass is 19.4. The molecule has 114 valence electrons. The fraction of sp³-hybridized carbons (Fsp3) is 0.222. The van der Waals surface area contributed by atoms with Crippen LogP contribution in [0.3, 0.4) is 0 Å². The maximum Gasteiger partial charge on any atom is 0.431 e. The molecule has 3 aromatic rings. The molecule has 0 aliphatic heterocycles. The van der Waals surface area contributed by atoms with Crippen molar-refractivity contribution >= 4 is 10.9 Å². The maximum absolute atomic E-state index is 13.3. The lowest BCUT2D eigenvalue weighted by molar-refractivity contribution is -0.141. The van der Waals surface area contributed by atoms with Crippen LogP contribution in [0.1, 0.15) is 29.7 Å². The number of fused-ring (bicyclic) bond motifs is 1. The molecule has 2 aromatic carbocycles. The average molecular weight is 303 g/mol. The third kappa shape index (κ3) is 2.73. The van der Waals surface area contributed by atoms with Crippen LogP contribution in [0.5, 0.6) is 0 Å². The number of benzene rings is 2. The number of hydrogen-bond acceptors (Lipinski definition) is 0. The summed E-state index contributed by atoms with van der Waals surface area (Å²) in [6, 6.07) is 16.6. The van der Waals surface area contributed by atoms with Gasteiger partial charge in [-0.25, -0.2) is 0 Å². The summed E-state index contributed by atoms with van der Waals surface area (Å²) in [4.78, 5) is 2.54. The van der Waals surface area contributed by atoms with Crippen molar-refractivity contribution in [1.29, 1.82) is 0 Å². The molecular formula is C18H16F3N. The zero-order chi connectivity index (χ0) is 15.7. The quantitative estimate of drug-likeness (QED) is 0.654. The number of hydrogen-bond donors (Lipinski definition) is 1. The molecule has 0 aliphatic carbocycles. The van der Waals surface area contributed by atoms with Gasteiger partial charge in [0.1, 0.15) is 5.69 Å². The molecule has 0 radical (unpaired) electrons. The molecule has 1 atom stereocenters. The molecule has 1 nitrogen and oxygen atoms in total. The highest BCUT2D eigenvalue weighted by Gasteiger charge is 2.36. The van der Waals surface area contributed by atoms with E-state index in [4.69, 9.17) is 0 Å². The average Bonchev–Trinajstić information content (AvgIpc) is 2.87. The van der Waals surface area contributed by atoms with E-state index in [2.05, 4.69) is 4.98 Å². The van der Waals surface area contributed by atoms with Gasteiger partial charge in [-0.05, 0) is 29.5 Å². The Morgan fingerprint density at radius 3 is 2.27 bits per heavy atom. The molecule has 1 aromatic heterocycles. The van der Waals surface area contributed by atoms with Gasteiger partial charge in [-0.2, -0.15) is 13.2 Å². The Kier molecular flexibility index (Phi) is 3.69. The van der Waals surface area contributed by atoms with Gasteiger partial charge in [0, 0.05) is 10.9 Å². The van der Waals surface area contributed by atoms with Crippen molar-refractivity contribution in [1.82, 2.24) is 4.98 Å². The summed E-state index contributed by atoms with van der Waals surface area (Å²) in [5.74, 6) is 0.0153. The largest absolute Gasteiger partial charge is 0.431 e. The van der Waals surface area contributed by atoms with Crippen LogP contribution in [0.25, 0.3) is 10.9 Å². The predicted molar refractivity (Wildman–Crippen MR) is 81.9 cm³/mol. The number of alkyl halides is 3. The molecule has 1 heterocycles. The summed E-state index contributed by atoms with van der Waals surface area (Å²) in [6.07, 6.45) is -4.02. The Balaban J connectivity index is 2.05. The maximum atomic E-state index is 13.3. The lowest BCUT2D eigenvalue weighted by Crippen LogP contribution is -2.10. The molecular weight excluding hydrogens is 287 g/mol. The summed E-state index contributed by atoms with van der Waals surface area (Å²) >= 11 is 0. The number of nitrogens with one attached hydrogen (secondary N) is 1. The van der Waals surface area contributed by atoms with Crippen LogP contribution in [-0.4, -0.2) is 4.98 Å². The highest BCUT2D eigenvalue weighted by Crippen LogP contribution is 2.37. The summed E-state index contributed by atoms with van der Waals surface area (Å²) < 4.78 is 39.9. The number of H-pyrrole nitrogens is 1. The Bertz CT molecular complexity index is 772. The summed E-state index contributed by atoms with van der Waals surface area (Å²) in [7, 11) is 0. The minimum Gasteiger partial charge on any atom is -0.351 e. The Hall–Kier alpha value is -2.23. The summed E-state index contributed by atoms with van der Waals surface area (Å²) in [6.45, 7) is 1.96. The normalized spacial score (nSPS) is 13.5. The Morgan fingerprint density at radius 1 is 0.955 bits per heavy atom. The zero-order valence-corrected chi connectivity index (χ0v) is 12.1. The van der Waals surface area contributed by atoms with E-state index in [1.807, 2.05) is 37.3 Å². The molecule has 1 N–H and O–H groups in total. The van der Waals surface area contributed by atoms with E-state index < -0.39 is 11.9 Å². The minimum atomic E-state index is -4.37. The van der Waals surface area contributed by atoms with Crippen molar-refractivity contribution in [3.8, 4) is 0 Å². The van der Waals surface area contributed by atoms with E-state index in [1.165, 1.54) is 0 Å². The third-order valence-corrected chi connectivity index (χ3v) is 3.98. The Morgan fingerprint density at radius 2 is 1.59 bits per heavy atom. The molecule has 0 aliphatic rings. The first kappa shape index (κ1) is 14.7. The van der Waals surface area contributed by atoms with E-state index in [0.29, 0.717) is 22.9 Å². The van der Waals surface area contributed by atoms with Gasteiger partial charge in [-0.1, -0.05) is 55.5 Å². The SMILES string of the molecule is CC(Cc1c(C(F)(F)F)[nH]c2ccccc12)c1ccccc1. The molecule has 0 fully saturated rings. The molecule has 0 spiro atoms. The van der Waals surface area contributed by atoms with Crippen LogP contribution in [0, 0.1) is 0 Å². The van der Waals surface area contributed by atoms with Gasteiger partial charge in [0.05, 0.1) is 0 Å².